The summed E-state index contributed by atoms with van der Waals surface area (Å²) in [4.78, 5) is 43.0. The van der Waals surface area contributed by atoms with Crippen molar-refractivity contribution < 1.29 is 24.0 Å². The molecule has 7 heteroatoms. The van der Waals surface area contributed by atoms with Crippen LogP contribution in [-0.2, 0) is 14.4 Å². The molecule has 0 spiro atoms. The van der Waals surface area contributed by atoms with Gasteiger partial charge in [0.25, 0.3) is 11.8 Å². The van der Waals surface area contributed by atoms with E-state index < -0.39 is 17.8 Å². The minimum Gasteiger partial charge on any atom is -0.385 e. The highest BCUT2D eigenvalue weighted by molar-refractivity contribution is 6.20. The summed E-state index contributed by atoms with van der Waals surface area (Å²) in [6.45, 7) is 2.05. The van der Waals surface area contributed by atoms with Gasteiger partial charge < -0.3 is 14.5 Å². The standard InChI is InChI=1S/C17H22N2O5/c1-18(10-5-6-12-23-2)11-9-15(20)24-19-16(21)13-7-3-4-8-14(13)17(19)22/h3-4,7-8H,5-6,9-12H2,1-2H3. The molecule has 2 amide bonds. The van der Waals surface area contributed by atoms with E-state index in [2.05, 4.69) is 0 Å². The van der Waals surface area contributed by atoms with Crippen molar-refractivity contribution in [3.8, 4) is 0 Å². The van der Waals surface area contributed by atoms with Crippen molar-refractivity contribution in [3.63, 3.8) is 0 Å². The fraction of sp³-hybridized carbons (Fsp3) is 0.471. The zero-order chi connectivity index (χ0) is 17.5. The highest BCUT2D eigenvalue weighted by Crippen LogP contribution is 2.22. The van der Waals surface area contributed by atoms with Crippen molar-refractivity contribution in [1.29, 1.82) is 0 Å². The zero-order valence-electron chi connectivity index (χ0n) is 14.0. The number of carbonyl (C=O) groups is 3. The second-order valence-corrected chi connectivity index (χ2v) is 5.67. The van der Waals surface area contributed by atoms with Crippen LogP contribution in [0.25, 0.3) is 0 Å². The van der Waals surface area contributed by atoms with Crippen molar-refractivity contribution in [1.82, 2.24) is 9.96 Å². The van der Waals surface area contributed by atoms with Gasteiger partial charge in [-0.25, -0.2) is 4.79 Å². The van der Waals surface area contributed by atoms with Crippen molar-refractivity contribution in [2.24, 2.45) is 0 Å². The Hall–Kier alpha value is -2.25. The van der Waals surface area contributed by atoms with Crippen molar-refractivity contribution in [2.75, 3.05) is 33.9 Å². The molecule has 1 heterocycles. The highest BCUT2D eigenvalue weighted by Gasteiger charge is 2.38. The molecule has 1 aromatic rings. The van der Waals surface area contributed by atoms with Gasteiger partial charge >= 0.3 is 5.97 Å². The molecule has 0 radical (unpaired) electrons. The number of methoxy groups -OCH3 is 1. The summed E-state index contributed by atoms with van der Waals surface area (Å²) in [6.07, 6.45) is 2.03. The second-order valence-electron chi connectivity index (χ2n) is 5.67. The van der Waals surface area contributed by atoms with E-state index in [1.165, 1.54) is 12.1 Å². The Kier molecular flexibility index (Phi) is 6.45. The molecule has 0 bridgehead atoms. The highest BCUT2D eigenvalue weighted by atomic mass is 16.7. The minimum absolute atomic E-state index is 0.105. The van der Waals surface area contributed by atoms with E-state index >= 15 is 0 Å². The van der Waals surface area contributed by atoms with Crippen molar-refractivity contribution in [3.05, 3.63) is 35.4 Å². The van der Waals surface area contributed by atoms with E-state index in [1.54, 1.807) is 19.2 Å². The van der Waals surface area contributed by atoms with Crippen LogP contribution in [0.1, 0.15) is 40.0 Å². The second kappa shape index (κ2) is 8.56. The van der Waals surface area contributed by atoms with Crippen LogP contribution in [0.3, 0.4) is 0 Å². The predicted molar refractivity (Wildman–Crippen MR) is 86.3 cm³/mol. The molecule has 1 aliphatic heterocycles. The number of amides is 2. The van der Waals surface area contributed by atoms with Gasteiger partial charge in [-0.2, -0.15) is 0 Å². The summed E-state index contributed by atoms with van der Waals surface area (Å²) in [6, 6.07) is 6.40. The van der Waals surface area contributed by atoms with E-state index in [0.29, 0.717) is 11.6 Å². The monoisotopic (exact) mass is 334 g/mol. The first-order valence-electron chi connectivity index (χ1n) is 7.90. The van der Waals surface area contributed by atoms with Crippen molar-refractivity contribution >= 4 is 17.8 Å². The number of hydrogen-bond acceptors (Lipinski definition) is 6. The summed E-state index contributed by atoms with van der Waals surface area (Å²) in [5.41, 5.74) is 0.510. The van der Waals surface area contributed by atoms with Gasteiger partial charge in [-0.15, -0.1) is 0 Å². The van der Waals surface area contributed by atoms with Crippen LogP contribution >= 0.6 is 0 Å². The molecular formula is C17H22N2O5. The minimum atomic E-state index is -0.603. The maximum absolute atomic E-state index is 12.1. The lowest BCUT2D eigenvalue weighted by atomic mass is 10.1. The van der Waals surface area contributed by atoms with Gasteiger partial charge in [0.1, 0.15) is 0 Å². The van der Waals surface area contributed by atoms with Gasteiger partial charge in [-0.3, -0.25) is 9.59 Å². The topological polar surface area (TPSA) is 76.2 Å². The van der Waals surface area contributed by atoms with Crippen molar-refractivity contribution in [2.45, 2.75) is 19.3 Å². The molecule has 2 rings (SSSR count). The Morgan fingerprint density at radius 3 is 2.29 bits per heavy atom. The van der Waals surface area contributed by atoms with E-state index in [1.807, 2.05) is 11.9 Å². The molecule has 24 heavy (non-hydrogen) atoms. The maximum atomic E-state index is 12.1. The number of unbranched alkanes of at least 4 members (excludes halogenated alkanes) is 1. The summed E-state index contributed by atoms with van der Waals surface area (Å²) in [7, 11) is 3.57. The summed E-state index contributed by atoms with van der Waals surface area (Å²) in [5.74, 6) is -1.80. The fourth-order valence-corrected chi connectivity index (χ4v) is 2.42. The summed E-state index contributed by atoms with van der Waals surface area (Å²) >= 11 is 0. The smallest absolute Gasteiger partial charge is 0.334 e. The number of carbonyl (C=O) groups excluding carboxylic acids is 3. The third-order valence-corrected chi connectivity index (χ3v) is 3.79. The number of nitrogens with zero attached hydrogens (tertiary/aromatic N) is 2. The molecule has 0 aromatic heterocycles. The third-order valence-electron chi connectivity index (χ3n) is 3.79. The van der Waals surface area contributed by atoms with Crippen LogP contribution in [0.4, 0.5) is 0 Å². The molecule has 130 valence electrons. The van der Waals surface area contributed by atoms with Crippen LogP contribution in [0, 0.1) is 0 Å². The van der Waals surface area contributed by atoms with Crippen LogP contribution < -0.4 is 0 Å². The first-order chi connectivity index (χ1) is 11.5. The van der Waals surface area contributed by atoms with Gasteiger partial charge in [0.2, 0.25) is 0 Å². The number of imide groups is 1. The zero-order valence-corrected chi connectivity index (χ0v) is 14.0. The molecular weight excluding hydrogens is 312 g/mol. The fourth-order valence-electron chi connectivity index (χ4n) is 2.42. The molecule has 0 saturated heterocycles. The first kappa shape index (κ1) is 18.1. The third kappa shape index (κ3) is 4.39. The average molecular weight is 334 g/mol. The number of benzene rings is 1. The predicted octanol–water partition coefficient (Wildman–Crippen LogP) is 1.49. The lowest BCUT2D eigenvalue weighted by molar-refractivity contribution is -0.168. The number of ether oxygens (including phenoxy) is 1. The van der Waals surface area contributed by atoms with Crippen LogP contribution in [0.15, 0.2) is 24.3 Å². The van der Waals surface area contributed by atoms with Gasteiger partial charge in [-0.1, -0.05) is 17.2 Å². The molecule has 0 atom stereocenters. The van der Waals surface area contributed by atoms with Gasteiger partial charge in [0.15, 0.2) is 0 Å². The Labute approximate surface area is 141 Å². The number of rotatable bonds is 9. The molecule has 7 nitrogen and oxygen atoms in total. The number of hydrogen-bond donors (Lipinski definition) is 0. The van der Waals surface area contributed by atoms with Crippen LogP contribution in [-0.4, -0.2) is 61.6 Å². The molecule has 0 aliphatic carbocycles. The average Bonchev–Trinajstić information content (AvgIpc) is 2.82. The quantitative estimate of drug-likeness (QED) is 0.503. The molecule has 0 saturated carbocycles. The molecule has 0 N–H and O–H groups in total. The molecule has 1 aromatic carbocycles. The lowest BCUT2D eigenvalue weighted by Gasteiger charge is -2.17. The summed E-state index contributed by atoms with van der Waals surface area (Å²) in [5, 5.41) is 0.547. The first-order valence-corrected chi connectivity index (χ1v) is 7.90. The van der Waals surface area contributed by atoms with E-state index in [-0.39, 0.29) is 17.5 Å². The Morgan fingerprint density at radius 2 is 1.71 bits per heavy atom. The van der Waals surface area contributed by atoms with E-state index in [0.717, 1.165) is 26.0 Å². The van der Waals surface area contributed by atoms with E-state index in [9.17, 15) is 14.4 Å². The summed E-state index contributed by atoms with van der Waals surface area (Å²) < 4.78 is 4.98. The lowest BCUT2D eigenvalue weighted by Crippen LogP contribution is -2.34. The number of fused-ring (bicyclic) bond motifs is 1. The molecule has 0 fully saturated rings. The van der Waals surface area contributed by atoms with Gasteiger partial charge in [0.05, 0.1) is 17.5 Å². The van der Waals surface area contributed by atoms with Crippen LogP contribution in [0.5, 0.6) is 0 Å². The Morgan fingerprint density at radius 1 is 1.08 bits per heavy atom. The van der Waals surface area contributed by atoms with Crippen LogP contribution in [0.2, 0.25) is 0 Å². The van der Waals surface area contributed by atoms with Gasteiger partial charge in [-0.05, 0) is 38.6 Å². The van der Waals surface area contributed by atoms with Gasteiger partial charge in [0, 0.05) is 20.3 Å². The van der Waals surface area contributed by atoms with E-state index in [4.69, 9.17) is 9.57 Å². The molecule has 1 aliphatic rings. The molecule has 0 unspecified atom stereocenters. The largest absolute Gasteiger partial charge is 0.385 e. The number of hydroxylamine groups is 2. The Bertz CT molecular complexity index is 582. The normalized spacial score (nSPS) is 13.5. The SMILES string of the molecule is COCCCCN(C)CCC(=O)ON1C(=O)c2ccccc2C1=O. The maximum Gasteiger partial charge on any atom is 0.334 e. The Balaban J connectivity index is 1.77.